The number of likely N-dealkylation sites (N-methyl/N-ethyl adjacent to an activating group) is 1. The molecule has 0 unspecified atom stereocenters. The fourth-order valence-corrected chi connectivity index (χ4v) is 3.15. The second-order valence-corrected chi connectivity index (χ2v) is 7.18. The van der Waals surface area contributed by atoms with Crippen LogP contribution in [0.25, 0.3) is 0 Å². The Morgan fingerprint density at radius 3 is 2.65 bits per heavy atom. The lowest BCUT2D eigenvalue weighted by atomic mass is 10.00. The van der Waals surface area contributed by atoms with Crippen LogP contribution in [0.15, 0.2) is 59.7 Å². The third-order valence-electron chi connectivity index (χ3n) is 4.84. The maximum Gasteiger partial charge on any atom is 0.0680 e. The highest BCUT2D eigenvalue weighted by molar-refractivity contribution is 5.34. The zero-order chi connectivity index (χ0) is 18.6. The lowest BCUT2D eigenvalue weighted by Gasteiger charge is -2.09. The number of hydrogen-bond donors (Lipinski definition) is 1. The summed E-state index contributed by atoms with van der Waals surface area (Å²) in [6, 6.07) is 8.93. The Hall–Kier alpha value is -1.64. The molecule has 2 aliphatic carbocycles. The van der Waals surface area contributed by atoms with E-state index in [-0.39, 0.29) is 0 Å². The van der Waals surface area contributed by atoms with Gasteiger partial charge in [-0.3, -0.25) is 0 Å². The van der Waals surface area contributed by atoms with Gasteiger partial charge in [-0.05, 0) is 67.8 Å². The third-order valence-corrected chi connectivity index (χ3v) is 4.84. The van der Waals surface area contributed by atoms with Crippen LogP contribution in [0.3, 0.4) is 0 Å². The van der Waals surface area contributed by atoms with Crippen LogP contribution in [0.1, 0.15) is 56.6 Å². The Bertz CT molecular complexity index is 623. The van der Waals surface area contributed by atoms with Crippen molar-refractivity contribution in [2.24, 2.45) is 0 Å². The zero-order valence-corrected chi connectivity index (χ0v) is 16.8. The molecule has 26 heavy (non-hydrogen) atoms. The average Bonchev–Trinajstić information content (AvgIpc) is 3.52. The minimum absolute atomic E-state index is 0.745. The zero-order valence-electron chi connectivity index (χ0n) is 16.8. The van der Waals surface area contributed by atoms with Crippen molar-refractivity contribution in [1.82, 2.24) is 5.32 Å². The van der Waals surface area contributed by atoms with Crippen molar-refractivity contribution in [3.63, 3.8) is 0 Å². The molecule has 1 saturated carbocycles. The summed E-state index contributed by atoms with van der Waals surface area (Å²) < 4.78 is 5.51. The summed E-state index contributed by atoms with van der Waals surface area (Å²) >= 11 is 0. The molecular weight excluding hydrogens is 318 g/mol. The minimum atomic E-state index is 0.745. The highest BCUT2D eigenvalue weighted by atomic mass is 16.5. The van der Waals surface area contributed by atoms with E-state index in [9.17, 15) is 0 Å². The molecule has 3 rings (SSSR count). The van der Waals surface area contributed by atoms with Crippen molar-refractivity contribution in [1.29, 1.82) is 0 Å². The molecule has 0 amide bonds. The van der Waals surface area contributed by atoms with Crippen molar-refractivity contribution >= 4 is 0 Å². The molecule has 0 spiro atoms. The monoisotopic (exact) mass is 353 g/mol. The van der Waals surface area contributed by atoms with Crippen LogP contribution in [0.2, 0.25) is 0 Å². The van der Waals surface area contributed by atoms with Crippen molar-refractivity contribution in [2.45, 2.75) is 51.9 Å². The van der Waals surface area contributed by atoms with Gasteiger partial charge < -0.3 is 10.1 Å². The molecule has 2 heteroatoms. The number of benzene rings is 1. The van der Waals surface area contributed by atoms with E-state index in [1.807, 2.05) is 7.05 Å². The van der Waals surface area contributed by atoms with Gasteiger partial charge in [0, 0.05) is 6.54 Å². The first-order valence-electron chi connectivity index (χ1n) is 10.1. The van der Waals surface area contributed by atoms with Crippen LogP contribution < -0.4 is 5.32 Å². The molecule has 0 saturated heterocycles. The van der Waals surface area contributed by atoms with Crippen LogP contribution in [-0.2, 0) is 11.2 Å². The summed E-state index contributed by atoms with van der Waals surface area (Å²) in [5.74, 6) is 0.910. The fraction of sp³-hybridized carbons (Fsp3) is 0.500. The number of nitrogens with one attached hydrogen (secondary N) is 1. The molecule has 1 N–H and O–H groups in total. The van der Waals surface area contributed by atoms with Crippen molar-refractivity contribution < 1.29 is 4.74 Å². The third kappa shape index (κ3) is 7.31. The molecule has 0 radical (unpaired) electrons. The number of hydrogen-bond acceptors (Lipinski definition) is 2. The van der Waals surface area contributed by atoms with E-state index in [4.69, 9.17) is 4.74 Å². The predicted octanol–water partition coefficient (Wildman–Crippen LogP) is 5.57. The van der Waals surface area contributed by atoms with E-state index in [1.54, 1.807) is 11.1 Å². The highest BCUT2D eigenvalue weighted by Gasteiger charge is 2.24. The van der Waals surface area contributed by atoms with Gasteiger partial charge in [0.1, 0.15) is 0 Å². The second kappa shape index (κ2) is 11.9. The van der Waals surface area contributed by atoms with Crippen molar-refractivity contribution in [3.8, 4) is 0 Å². The number of ether oxygens (including phenoxy) is 1. The van der Waals surface area contributed by atoms with Gasteiger partial charge in [0.2, 0.25) is 0 Å². The molecule has 142 valence electrons. The van der Waals surface area contributed by atoms with Crippen LogP contribution >= 0.6 is 0 Å². The summed E-state index contributed by atoms with van der Waals surface area (Å²) in [6.07, 6.45) is 14.9. The molecule has 0 bridgehead atoms. The lowest BCUT2D eigenvalue weighted by Crippen LogP contribution is -2.15. The number of rotatable bonds is 8. The normalized spacial score (nSPS) is 17.7. The van der Waals surface area contributed by atoms with Crippen LogP contribution in [0.5, 0.6) is 0 Å². The van der Waals surface area contributed by atoms with Gasteiger partial charge in [0.25, 0.3) is 0 Å². The molecule has 1 aromatic carbocycles. The SMILES string of the molecule is CCCc1ccccc1C1CC1.CNCCOC/C(C)=C1/C=CC=CC1. The van der Waals surface area contributed by atoms with E-state index in [0.717, 1.165) is 32.1 Å². The smallest absolute Gasteiger partial charge is 0.0680 e. The van der Waals surface area contributed by atoms with E-state index in [0.29, 0.717) is 0 Å². The van der Waals surface area contributed by atoms with Crippen LogP contribution in [0.4, 0.5) is 0 Å². The second-order valence-electron chi connectivity index (χ2n) is 7.18. The van der Waals surface area contributed by atoms with Gasteiger partial charge in [0.05, 0.1) is 13.2 Å². The maximum absolute atomic E-state index is 5.51. The van der Waals surface area contributed by atoms with E-state index >= 15 is 0 Å². The van der Waals surface area contributed by atoms with Gasteiger partial charge >= 0.3 is 0 Å². The van der Waals surface area contributed by atoms with Crippen molar-refractivity contribution in [2.75, 3.05) is 26.8 Å². The van der Waals surface area contributed by atoms with E-state index < -0.39 is 0 Å². The topological polar surface area (TPSA) is 21.3 Å². The molecule has 0 aromatic heterocycles. The van der Waals surface area contributed by atoms with Gasteiger partial charge in [-0.1, -0.05) is 61.9 Å². The molecule has 2 aliphatic rings. The minimum Gasteiger partial charge on any atom is -0.376 e. The molecule has 0 aliphatic heterocycles. The molecular formula is C24H35NO. The Kier molecular flexibility index (Phi) is 9.44. The van der Waals surface area contributed by atoms with Crippen LogP contribution in [0, 0.1) is 0 Å². The summed E-state index contributed by atoms with van der Waals surface area (Å²) in [4.78, 5) is 0. The van der Waals surface area contributed by atoms with E-state index in [2.05, 4.69) is 67.7 Å². The first-order chi connectivity index (χ1) is 12.8. The number of allylic oxidation sites excluding steroid dienone is 5. The maximum atomic E-state index is 5.51. The van der Waals surface area contributed by atoms with Crippen molar-refractivity contribution in [3.05, 3.63) is 70.8 Å². The molecule has 2 nitrogen and oxygen atoms in total. The highest BCUT2D eigenvalue weighted by Crippen LogP contribution is 2.41. The Morgan fingerprint density at radius 1 is 1.19 bits per heavy atom. The first-order valence-corrected chi connectivity index (χ1v) is 10.1. The largest absolute Gasteiger partial charge is 0.376 e. The Balaban J connectivity index is 0.000000189. The molecule has 0 atom stereocenters. The average molecular weight is 354 g/mol. The first kappa shape index (κ1) is 20.7. The molecule has 0 heterocycles. The predicted molar refractivity (Wildman–Crippen MR) is 113 cm³/mol. The standard InChI is InChI=1S/C12H19NO.C12H16/c1-11(10-14-9-8-13-2)12-6-4-3-5-7-12;1-2-5-10-6-3-4-7-12(10)11-8-9-11/h3-6,13H,7-10H2,1-2H3;3-4,6-7,11H,2,5,8-9H2,1H3/b12-11-;. The van der Waals surface area contributed by atoms with Crippen LogP contribution in [-0.4, -0.2) is 26.8 Å². The summed E-state index contributed by atoms with van der Waals surface area (Å²) in [7, 11) is 1.93. The van der Waals surface area contributed by atoms with Gasteiger partial charge in [-0.2, -0.15) is 0 Å². The fourth-order valence-electron chi connectivity index (χ4n) is 3.15. The quantitative estimate of drug-likeness (QED) is 0.617. The number of aryl methyl sites for hydroxylation is 1. The Labute approximate surface area is 160 Å². The molecule has 1 aromatic rings. The summed E-state index contributed by atoms with van der Waals surface area (Å²) in [5, 5.41) is 3.05. The van der Waals surface area contributed by atoms with Gasteiger partial charge in [0.15, 0.2) is 0 Å². The lowest BCUT2D eigenvalue weighted by molar-refractivity contribution is 0.159. The summed E-state index contributed by atoms with van der Waals surface area (Å²) in [5.41, 5.74) is 5.93. The Morgan fingerprint density at radius 2 is 2.00 bits per heavy atom. The van der Waals surface area contributed by atoms with E-state index in [1.165, 1.54) is 36.8 Å². The molecule has 1 fully saturated rings. The van der Waals surface area contributed by atoms with Gasteiger partial charge in [-0.15, -0.1) is 0 Å². The summed E-state index contributed by atoms with van der Waals surface area (Å²) in [6.45, 7) is 6.83. The van der Waals surface area contributed by atoms with Gasteiger partial charge in [-0.25, -0.2) is 0 Å².